The summed E-state index contributed by atoms with van der Waals surface area (Å²) in [6.45, 7) is 0. The first-order valence-electron chi connectivity index (χ1n) is 5.97. The highest BCUT2D eigenvalue weighted by Crippen LogP contribution is 2.28. The second kappa shape index (κ2) is 5.32. The molecule has 0 spiro atoms. The van der Waals surface area contributed by atoms with Crippen molar-refractivity contribution in [3.63, 3.8) is 0 Å². The molecule has 0 amide bonds. The van der Waals surface area contributed by atoms with Crippen LogP contribution in [0.25, 0.3) is 0 Å². The zero-order chi connectivity index (χ0) is 14.9. The van der Waals surface area contributed by atoms with E-state index in [1.54, 1.807) is 6.08 Å². The molecule has 108 valence electrons. The third kappa shape index (κ3) is 2.45. The standard InChI is InChI=1S/C13H12F2O4S/c14-9-6-7-10(12(15)11(9)13(16)17)20(18,19)8-4-2-1-3-5-8/h2,4,6-8H,1,3,5H2,(H,16,17). The predicted molar refractivity (Wildman–Crippen MR) is 67.3 cm³/mol. The van der Waals surface area contributed by atoms with Crippen molar-refractivity contribution in [1.29, 1.82) is 0 Å². The molecule has 0 aliphatic heterocycles. The maximum atomic E-state index is 14.0. The molecule has 1 aromatic rings. The third-order valence-corrected chi connectivity index (χ3v) is 5.30. The summed E-state index contributed by atoms with van der Waals surface area (Å²) in [6, 6.07) is 1.43. The van der Waals surface area contributed by atoms with Gasteiger partial charge in [-0.1, -0.05) is 12.2 Å². The fourth-order valence-electron chi connectivity index (χ4n) is 2.15. The predicted octanol–water partition coefficient (Wildman–Crippen LogP) is 2.55. The molecular formula is C13H12F2O4S. The second-order valence-corrected chi connectivity index (χ2v) is 6.62. The fourth-order valence-corrected chi connectivity index (χ4v) is 3.88. The lowest BCUT2D eigenvalue weighted by Crippen LogP contribution is -2.23. The van der Waals surface area contributed by atoms with Crippen LogP contribution in [-0.2, 0) is 9.84 Å². The maximum absolute atomic E-state index is 14.0. The first-order chi connectivity index (χ1) is 9.35. The van der Waals surface area contributed by atoms with Crippen LogP contribution in [-0.4, -0.2) is 24.7 Å². The molecule has 2 rings (SSSR count). The van der Waals surface area contributed by atoms with E-state index in [4.69, 9.17) is 5.11 Å². The molecule has 4 nitrogen and oxygen atoms in total. The van der Waals surface area contributed by atoms with Crippen LogP contribution in [0.1, 0.15) is 29.6 Å². The lowest BCUT2D eigenvalue weighted by atomic mass is 10.1. The second-order valence-electron chi connectivity index (χ2n) is 4.48. The van der Waals surface area contributed by atoms with Gasteiger partial charge in [-0.15, -0.1) is 0 Å². The number of allylic oxidation sites excluding steroid dienone is 1. The van der Waals surface area contributed by atoms with E-state index in [9.17, 15) is 22.0 Å². The number of rotatable bonds is 3. The Morgan fingerprint density at radius 1 is 1.30 bits per heavy atom. The highest BCUT2D eigenvalue weighted by Gasteiger charge is 2.32. The molecule has 0 heterocycles. The van der Waals surface area contributed by atoms with Crippen molar-refractivity contribution in [1.82, 2.24) is 0 Å². The molecule has 0 fully saturated rings. The molecule has 1 aliphatic carbocycles. The molecule has 0 bridgehead atoms. The van der Waals surface area contributed by atoms with Gasteiger partial charge in [0.25, 0.3) is 0 Å². The molecule has 0 saturated heterocycles. The smallest absolute Gasteiger partial charge is 0.341 e. The van der Waals surface area contributed by atoms with Gasteiger partial charge in [0.05, 0.1) is 5.25 Å². The van der Waals surface area contributed by atoms with E-state index in [1.165, 1.54) is 6.08 Å². The number of aromatic carboxylic acids is 1. The van der Waals surface area contributed by atoms with Crippen molar-refractivity contribution >= 4 is 15.8 Å². The number of carboxylic acids is 1. The third-order valence-electron chi connectivity index (χ3n) is 3.18. The summed E-state index contributed by atoms with van der Waals surface area (Å²) in [5.41, 5.74) is -1.24. The summed E-state index contributed by atoms with van der Waals surface area (Å²) in [5.74, 6) is -4.68. The summed E-state index contributed by atoms with van der Waals surface area (Å²) < 4.78 is 51.9. The molecule has 1 unspecified atom stereocenters. The lowest BCUT2D eigenvalue weighted by molar-refractivity contribution is 0.0685. The Balaban J connectivity index is 2.58. The van der Waals surface area contributed by atoms with Gasteiger partial charge in [0.2, 0.25) is 0 Å². The first-order valence-corrected chi connectivity index (χ1v) is 7.52. The Kier molecular flexibility index (Phi) is 3.89. The van der Waals surface area contributed by atoms with E-state index in [-0.39, 0.29) is 0 Å². The summed E-state index contributed by atoms with van der Waals surface area (Å²) in [5, 5.41) is 7.85. The van der Waals surface area contributed by atoms with Crippen molar-refractivity contribution in [2.45, 2.75) is 29.4 Å². The maximum Gasteiger partial charge on any atom is 0.341 e. The van der Waals surface area contributed by atoms with Gasteiger partial charge in [-0.3, -0.25) is 0 Å². The quantitative estimate of drug-likeness (QED) is 0.688. The summed E-state index contributed by atoms with van der Waals surface area (Å²) in [6.07, 6.45) is 4.87. The van der Waals surface area contributed by atoms with Crippen molar-refractivity contribution in [2.24, 2.45) is 0 Å². The molecule has 1 aliphatic rings. The molecule has 20 heavy (non-hydrogen) atoms. The molecule has 0 saturated carbocycles. The van der Waals surface area contributed by atoms with Gasteiger partial charge in [-0.2, -0.15) is 0 Å². The number of hydrogen-bond acceptors (Lipinski definition) is 3. The van der Waals surface area contributed by atoms with Crippen LogP contribution >= 0.6 is 0 Å². The lowest BCUT2D eigenvalue weighted by Gasteiger charge is -2.18. The number of benzene rings is 1. The average molecular weight is 302 g/mol. The Morgan fingerprint density at radius 3 is 2.55 bits per heavy atom. The minimum atomic E-state index is -4.06. The highest BCUT2D eigenvalue weighted by molar-refractivity contribution is 7.92. The largest absolute Gasteiger partial charge is 0.477 e. The monoisotopic (exact) mass is 302 g/mol. The summed E-state index contributed by atoms with van der Waals surface area (Å²) >= 11 is 0. The molecule has 0 radical (unpaired) electrons. The van der Waals surface area contributed by atoms with Gasteiger partial charge in [0, 0.05) is 0 Å². The number of carboxylic acid groups (broad SMARTS) is 1. The summed E-state index contributed by atoms with van der Waals surface area (Å²) in [4.78, 5) is 10.0. The van der Waals surface area contributed by atoms with Crippen LogP contribution in [0.3, 0.4) is 0 Å². The zero-order valence-corrected chi connectivity index (χ0v) is 11.2. The number of carbonyl (C=O) groups is 1. The Hall–Kier alpha value is -1.76. The van der Waals surface area contributed by atoms with Crippen molar-refractivity contribution in [2.75, 3.05) is 0 Å². The van der Waals surface area contributed by atoms with Gasteiger partial charge in [0.15, 0.2) is 15.7 Å². The Bertz CT molecular complexity index is 680. The van der Waals surface area contributed by atoms with Crippen LogP contribution < -0.4 is 0 Å². The molecule has 1 atom stereocenters. The van der Waals surface area contributed by atoms with Gasteiger partial charge < -0.3 is 5.11 Å². The Labute approximate surface area is 114 Å². The first kappa shape index (κ1) is 14.6. The van der Waals surface area contributed by atoms with Gasteiger partial charge in [-0.05, 0) is 31.4 Å². The van der Waals surface area contributed by atoms with Gasteiger partial charge in [-0.25, -0.2) is 22.0 Å². The van der Waals surface area contributed by atoms with Crippen molar-refractivity contribution < 1.29 is 27.1 Å². The minimum absolute atomic E-state index is 0.331. The SMILES string of the molecule is O=C(O)c1c(F)ccc(S(=O)(=O)C2C=CCCC2)c1F. The number of sulfone groups is 1. The fraction of sp³-hybridized carbons (Fsp3) is 0.308. The number of halogens is 2. The topological polar surface area (TPSA) is 71.4 Å². The van der Waals surface area contributed by atoms with E-state index in [0.717, 1.165) is 12.5 Å². The van der Waals surface area contributed by atoms with E-state index in [2.05, 4.69) is 0 Å². The van der Waals surface area contributed by atoms with E-state index in [1.807, 2.05) is 0 Å². The molecule has 0 aromatic heterocycles. The molecular weight excluding hydrogens is 290 g/mol. The Morgan fingerprint density at radius 2 is 2.00 bits per heavy atom. The van der Waals surface area contributed by atoms with Crippen LogP contribution in [0.5, 0.6) is 0 Å². The van der Waals surface area contributed by atoms with E-state index < -0.39 is 43.1 Å². The molecule has 7 heteroatoms. The minimum Gasteiger partial charge on any atom is -0.477 e. The van der Waals surface area contributed by atoms with Crippen LogP contribution in [0.2, 0.25) is 0 Å². The van der Waals surface area contributed by atoms with Crippen molar-refractivity contribution in [3.05, 3.63) is 41.5 Å². The van der Waals surface area contributed by atoms with Gasteiger partial charge in [0.1, 0.15) is 16.3 Å². The molecule has 1 N–H and O–H groups in total. The number of hydrogen-bond donors (Lipinski definition) is 1. The van der Waals surface area contributed by atoms with Crippen molar-refractivity contribution in [3.8, 4) is 0 Å². The van der Waals surface area contributed by atoms with E-state index >= 15 is 0 Å². The van der Waals surface area contributed by atoms with E-state index in [0.29, 0.717) is 18.9 Å². The summed E-state index contributed by atoms with van der Waals surface area (Å²) in [7, 11) is -4.06. The zero-order valence-electron chi connectivity index (χ0n) is 10.3. The van der Waals surface area contributed by atoms with Crippen LogP contribution in [0.4, 0.5) is 8.78 Å². The van der Waals surface area contributed by atoms with Crippen LogP contribution in [0, 0.1) is 11.6 Å². The molecule has 1 aromatic carbocycles. The highest BCUT2D eigenvalue weighted by atomic mass is 32.2. The normalized spacial score (nSPS) is 19.0. The van der Waals surface area contributed by atoms with Gasteiger partial charge >= 0.3 is 5.97 Å². The average Bonchev–Trinajstić information content (AvgIpc) is 2.39. The van der Waals surface area contributed by atoms with Crippen LogP contribution in [0.15, 0.2) is 29.2 Å².